The van der Waals surface area contributed by atoms with E-state index in [2.05, 4.69) is 58.1 Å². The number of carbonyl (C=O) groups excluding carboxylic acids is 3. The molecular formula is C95H89ClF12N16O7S5. The zero-order valence-electron chi connectivity index (χ0n) is 73.5. The second-order valence-electron chi connectivity index (χ2n) is 35.8. The van der Waals surface area contributed by atoms with Gasteiger partial charge in [-0.1, -0.05) is 34.7 Å². The van der Waals surface area contributed by atoms with E-state index in [9.17, 15) is 79.7 Å². The van der Waals surface area contributed by atoms with E-state index in [0.717, 1.165) is 71.3 Å². The Morgan fingerprint density at radius 1 is 0.493 bits per heavy atom. The molecule has 20 rings (SSSR count). The molecule has 0 amide bonds. The van der Waals surface area contributed by atoms with Gasteiger partial charge in [0, 0.05) is 72.8 Å². The predicted octanol–water partition coefficient (Wildman–Crippen LogP) is 18.9. The number of halogens is 13. The lowest BCUT2D eigenvalue weighted by molar-refractivity contribution is -0.138. The van der Waals surface area contributed by atoms with Crippen LogP contribution in [0.3, 0.4) is 0 Å². The zero-order valence-corrected chi connectivity index (χ0v) is 78.3. The molecule has 41 heteroatoms. The van der Waals surface area contributed by atoms with Crippen LogP contribution < -0.4 is 0 Å². The minimum atomic E-state index is -4.65. The lowest BCUT2D eigenvalue weighted by Crippen LogP contribution is -2.58. The average molecular weight is 1990 g/mol. The fraction of sp³-hybridized carbons (Fsp3) is 0.347. The molecule has 7 aliphatic carbocycles. The first-order valence-corrected chi connectivity index (χ1v) is 50.6. The molecule has 4 saturated carbocycles. The van der Waals surface area contributed by atoms with Gasteiger partial charge in [-0.2, -0.15) is 65.0 Å². The highest BCUT2D eigenvalue weighted by molar-refractivity contribution is 7.98. The Kier molecular flexibility index (Phi) is 25.2. The van der Waals surface area contributed by atoms with Crippen molar-refractivity contribution in [3.63, 3.8) is 0 Å². The summed E-state index contributed by atoms with van der Waals surface area (Å²) in [6.07, 6.45) is 10.5. The summed E-state index contributed by atoms with van der Waals surface area (Å²) in [5.74, 6) is 9.76. The van der Waals surface area contributed by atoms with E-state index in [1.54, 1.807) is 135 Å². The first-order chi connectivity index (χ1) is 64.4. The largest absolute Gasteiger partial charge is 0.427 e. The van der Waals surface area contributed by atoms with Crippen LogP contribution >= 0.6 is 34.3 Å². The minimum Gasteiger partial charge on any atom is -0.378 e. The first-order valence-electron chi connectivity index (χ1n) is 43.6. The van der Waals surface area contributed by atoms with Crippen molar-refractivity contribution in [3.8, 4) is 17.1 Å². The maximum Gasteiger partial charge on any atom is 0.427 e. The van der Waals surface area contributed by atoms with Gasteiger partial charge < -0.3 is 4.74 Å². The number of allylic oxidation sites excluding steroid dienone is 3. The quantitative estimate of drug-likeness (QED) is 0.0368. The molecular weight excluding hydrogens is 1900 g/mol. The monoisotopic (exact) mass is 1990 g/mol. The Balaban J connectivity index is 0.000000136. The highest BCUT2D eigenvalue weighted by atomic mass is 35.5. The molecule has 23 nitrogen and oxygen atoms in total. The molecule has 9 heterocycles. The number of aryl methyl sites for hydroxylation is 2. The number of carbonyl (C=O) groups is 3. The molecule has 9 atom stereocenters. The maximum absolute atomic E-state index is 14.6. The highest BCUT2D eigenvalue weighted by Gasteiger charge is 2.58. The van der Waals surface area contributed by atoms with Crippen molar-refractivity contribution in [2.75, 3.05) is 13.2 Å². The summed E-state index contributed by atoms with van der Waals surface area (Å²) < 4.78 is 226. The third-order valence-electron chi connectivity index (χ3n) is 27.0. The van der Waals surface area contributed by atoms with Crippen molar-refractivity contribution in [2.24, 2.45) is 30.3 Å². The van der Waals surface area contributed by atoms with Crippen LogP contribution in [0.5, 0.6) is 0 Å². The standard InChI is InChI=1S/C33H32F4N6O2S.C32H29ClF4N4O2S2.C30H28F4N6O3S2/c1-41-15-13-30(40-41)46(2,45)43(26-4-3-5-26)27-9-6-22-17-29-21(20-39-42(29)25-10-7-24(34)8-11-25)18-32(22,19-27)31(44)28-16-23(12-14-38-28)33(35,36)37;1-19(2)41(45(3,43)26-12-5-22(33)6-13-26)25-9-4-21-14-27-20(17-39-40(27)24-10-7-23(34)8-11-24)15-31(21,16-25)29(42)30-38-18-28(44-30)32(35,36)37;1-38-15-24(13-36-38)45(2,42)40(23-16-43-17-23)22-6-3-19-9-25-18(12-37-39(25)21-7-4-20(31)5-8-21)10-29(19,11-22)27(41)28-35-14-26(44-28)30(32,33)34/h7-8,10-17,20,26-27H,2-6,9,18-19H2,1H3;5-8,10-14,17-19,25H,3-4,9,15-16H2,1-2H3;4-5,7-9,12-15,22-23H,2-3,6,10-11,16-17H2,1H3/t27-,32-,46?;25-,31-,45?;22-,29-,45?/m000/s1. The molecule has 4 aromatic carbocycles. The smallest absolute Gasteiger partial charge is 0.378 e. The average Bonchev–Trinajstić information content (AvgIpc) is 1.29. The number of nitrogens with zero attached hydrogens (tertiary/aromatic N) is 16. The van der Waals surface area contributed by atoms with Crippen LogP contribution in [0.25, 0.3) is 35.3 Å². The Morgan fingerprint density at radius 2 is 0.926 bits per heavy atom. The van der Waals surface area contributed by atoms with Crippen LogP contribution in [0.4, 0.5) is 52.7 Å². The molecule has 8 aromatic heterocycles. The van der Waals surface area contributed by atoms with Crippen LogP contribution in [-0.4, -0.2) is 174 Å². The van der Waals surface area contributed by atoms with Crippen LogP contribution in [0.1, 0.15) is 170 Å². The van der Waals surface area contributed by atoms with Crippen molar-refractivity contribution in [1.82, 2.24) is 76.8 Å². The van der Waals surface area contributed by atoms with E-state index in [4.69, 9.17) is 16.3 Å². The van der Waals surface area contributed by atoms with Crippen molar-refractivity contribution in [2.45, 2.75) is 180 Å². The second-order valence-corrected chi connectivity index (χ2v) is 44.7. The van der Waals surface area contributed by atoms with Gasteiger partial charge in [0.25, 0.3) is 0 Å². The Labute approximate surface area is 788 Å². The molecule has 1 saturated heterocycles. The number of pyridine rings is 1. The van der Waals surface area contributed by atoms with Crippen LogP contribution in [0, 0.1) is 33.7 Å². The van der Waals surface area contributed by atoms with Crippen molar-refractivity contribution in [1.29, 1.82) is 0 Å². The number of thiazole rings is 2. The molecule has 1 aliphatic heterocycles. The predicted molar refractivity (Wildman–Crippen MR) is 494 cm³/mol. The fourth-order valence-electron chi connectivity index (χ4n) is 20.4. The molecule has 0 spiro atoms. The van der Waals surface area contributed by atoms with Gasteiger partial charge >= 0.3 is 18.5 Å². The summed E-state index contributed by atoms with van der Waals surface area (Å²) in [5.41, 5.74) is 3.45. The summed E-state index contributed by atoms with van der Waals surface area (Å²) in [7, 11) is -5.72. The number of alkyl halides is 9. The summed E-state index contributed by atoms with van der Waals surface area (Å²) >= 11 is 6.75. The number of aromatic nitrogens is 13. The van der Waals surface area contributed by atoms with Gasteiger partial charge in [-0.05, 0) is 272 Å². The minimum absolute atomic E-state index is 0.0262. The molecule has 12 aromatic rings. The Bertz CT molecular complexity index is 7110. The molecule has 0 N–H and O–H groups in total. The SMILES string of the molecule is C=S(=O)(c1ccc(Cl)cc1)N(C(C)C)[C@H]1CCC2=Cc3c(cnn3-c3ccc(F)cc3)C[C@]2(C(=O)c2ncc(C(F)(F)F)s2)C1.C=S(=O)(c1ccn(C)n1)N(C1CCC1)[C@H]1CCC2=Cc3c(cnn3-c3ccc(F)cc3)C[C@]2(C(=O)c2cc(C(F)(F)F)ccn2)C1.C=S(=O)(c1cnn(C)c1)N(C1COC1)[C@H]1CCC2=Cc3c(cnn3-c3ccc(F)cc3)C[C@]2(C(=O)c2ncc(C(F)(F)F)s2)C1. The Hall–Kier alpha value is -11.1. The number of Topliss-reactive ketones (excluding diaryl/α,β-unsaturated/α-hetero) is 3. The number of fused-ring (bicyclic) bond motifs is 6. The van der Waals surface area contributed by atoms with Crippen LogP contribution in [0.2, 0.25) is 5.02 Å². The number of ketones is 3. The molecule has 0 radical (unpaired) electrons. The Morgan fingerprint density at radius 3 is 1.30 bits per heavy atom. The van der Waals surface area contributed by atoms with Crippen molar-refractivity contribution in [3.05, 3.63) is 275 Å². The van der Waals surface area contributed by atoms with Gasteiger partial charge in [0.1, 0.15) is 32.9 Å². The van der Waals surface area contributed by atoms with E-state index in [1.165, 1.54) is 42.6 Å². The molecule has 0 bridgehead atoms. The lowest BCUT2D eigenvalue weighted by atomic mass is 9.60. The summed E-state index contributed by atoms with van der Waals surface area (Å²) in [6, 6.07) is 25.9. The molecule has 136 heavy (non-hydrogen) atoms. The lowest BCUT2D eigenvalue weighted by Gasteiger charge is -2.50. The van der Waals surface area contributed by atoms with Gasteiger partial charge in [-0.3, -0.25) is 28.7 Å². The fourth-order valence-corrected chi connectivity index (χ4v) is 28.4. The third-order valence-corrected chi connectivity index (χ3v) is 36.1. The number of hydrogen-bond acceptors (Lipinski definition) is 17. The molecule has 5 fully saturated rings. The van der Waals surface area contributed by atoms with E-state index in [-0.39, 0.29) is 84.2 Å². The molecule has 8 aliphatic rings. The van der Waals surface area contributed by atoms with Crippen LogP contribution in [0.15, 0.2) is 203 Å². The zero-order chi connectivity index (χ0) is 96.5. The first kappa shape index (κ1) is 95.2. The highest BCUT2D eigenvalue weighted by Crippen LogP contribution is 2.57. The number of ether oxygens (including phenoxy) is 1. The van der Waals surface area contributed by atoms with Gasteiger partial charge in [0.15, 0.2) is 20.8 Å². The van der Waals surface area contributed by atoms with Gasteiger partial charge in [0.2, 0.25) is 11.6 Å². The topological polar surface area (TPSA) is 249 Å². The number of rotatable bonds is 21. The second kappa shape index (κ2) is 36.0. The third kappa shape index (κ3) is 17.7. The van der Waals surface area contributed by atoms with E-state index in [1.807, 2.05) is 45.0 Å². The normalized spacial score (nSPS) is 22.4. The van der Waals surface area contributed by atoms with Crippen molar-refractivity contribution >= 4 is 117 Å². The van der Waals surface area contributed by atoms with Crippen molar-refractivity contribution < 1.29 is 84.4 Å². The van der Waals surface area contributed by atoms with E-state index >= 15 is 0 Å². The van der Waals surface area contributed by atoms with Gasteiger partial charge in [-0.25, -0.2) is 62.7 Å². The summed E-state index contributed by atoms with van der Waals surface area (Å²) in [4.78, 5) is 54.7. The van der Waals surface area contributed by atoms with E-state index < -0.39 is 120 Å². The molecule has 3 unspecified atom stereocenters. The summed E-state index contributed by atoms with van der Waals surface area (Å²) in [5, 5.41) is 22.6. The molecule has 712 valence electrons. The number of benzene rings is 4. The van der Waals surface area contributed by atoms with Gasteiger partial charge in [0.05, 0.1) is 146 Å². The maximum atomic E-state index is 14.6. The number of hydrogen-bond donors (Lipinski definition) is 0. The van der Waals surface area contributed by atoms with Crippen LogP contribution in [-0.2, 0) is 85.7 Å². The van der Waals surface area contributed by atoms with E-state index in [0.29, 0.717) is 141 Å². The summed E-state index contributed by atoms with van der Waals surface area (Å²) in [6.45, 7) is 4.48. The van der Waals surface area contributed by atoms with Gasteiger partial charge in [-0.15, -0.1) is 22.7 Å².